The number of amides is 1. The first-order valence-corrected chi connectivity index (χ1v) is 8.98. The summed E-state index contributed by atoms with van der Waals surface area (Å²) in [4.78, 5) is 12.9. The normalized spacial score (nSPS) is 15.0. The molecule has 1 aliphatic rings. The highest BCUT2D eigenvalue weighted by atomic mass is 32.3. The van der Waals surface area contributed by atoms with Gasteiger partial charge in [0.05, 0.1) is 12.2 Å². The fourth-order valence-electron chi connectivity index (χ4n) is 1.70. The zero-order chi connectivity index (χ0) is 17.8. The zero-order valence-electron chi connectivity index (χ0n) is 13.0. The van der Waals surface area contributed by atoms with Crippen molar-refractivity contribution in [2.45, 2.75) is 37.0 Å². The maximum absolute atomic E-state index is 12.0. The number of ether oxygens (including phenoxy) is 1. The lowest BCUT2D eigenvalue weighted by molar-refractivity contribution is 0.0293. The molecular weight excluding hydrogens is 352 g/mol. The van der Waals surface area contributed by atoms with Crippen LogP contribution in [0.2, 0.25) is 0 Å². The topological polar surface area (TPSA) is 108 Å². The molecule has 2 rings (SSSR count). The fraction of sp³-hybridized carbons (Fsp3) is 0.583. The summed E-state index contributed by atoms with van der Waals surface area (Å²) in [7, 11) is -3.22. The third-order valence-electron chi connectivity index (χ3n) is 2.51. The van der Waals surface area contributed by atoms with Crippen molar-refractivity contribution in [3.8, 4) is 0 Å². The summed E-state index contributed by atoms with van der Waals surface area (Å²) < 4.78 is 43.8. The van der Waals surface area contributed by atoms with Crippen molar-refractivity contribution in [1.82, 2.24) is 5.01 Å². The van der Waals surface area contributed by atoms with Crippen LogP contribution in [0.5, 0.6) is 0 Å². The Morgan fingerprint density at radius 2 is 2.09 bits per heavy atom. The first-order valence-electron chi connectivity index (χ1n) is 6.55. The van der Waals surface area contributed by atoms with Crippen molar-refractivity contribution in [3.63, 3.8) is 0 Å². The Morgan fingerprint density at radius 3 is 2.57 bits per heavy atom. The number of hydrogen-bond acceptors (Lipinski definition) is 7. The van der Waals surface area contributed by atoms with Gasteiger partial charge in [-0.05, 0) is 26.8 Å². The Labute approximate surface area is 138 Å². The van der Waals surface area contributed by atoms with Crippen LogP contribution in [0, 0.1) is 0 Å². The molecule has 1 aromatic rings. The molecule has 1 aromatic heterocycles. The van der Waals surface area contributed by atoms with Crippen molar-refractivity contribution in [3.05, 3.63) is 10.9 Å². The molecule has 23 heavy (non-hydrogen) atoms. The van der Waals surface area contributed by atoms with Crippen molar-refractivity contribution in [2.75, 3.05) is 18.9 Å². The van der Waals surface area contributed by atoms with Crippen LogP contribution in [0.1, 0.15) is 25.6 Å². The van der Waals surface area contributed by atoms with E-state index in [0.29, 0.717) is 22.9 Å². The van der Waals surface area contributed by atoms with E-state index in [9.17, 15) is 22.7 Å². The second-order valence-electron chi connectivity index (χ2n) is 5.59. The quantitative estimate of drug-likeness (QED) is 0.597. The van der Waals surface area contributed by atoms with Crippen LogP contribution in [0.25, 0.3) is 0 Å². The molecule has 2 heterocycles. The Hall–Kier alpha value is -1.14. The summed E-state index contributed by atoms with van der Waals surface area (Å²) >= 11 is 1.24. The average molecular weight is 373 g/mol. The monoisotopic (exact) mass is 373 g/mol. The number of hydrogen-bond donors (Lipinski definition) is 4. The van der Waals surface area contributed by atoms with Crippen LogP contribution in [-0.4, -0.2) is 39.3 Å². The van der Waals surface area contributed by atoms with E-state index >= 15 is 0 Å². The Bertz CT molecular complexity index is 543. The minimum absolute atomic E-state index is 0.307. The fourth-order valence-corrected chi connectivity index (χ4v) is 3.61. The van der Waals surface area contributed by atoms with Gasteiger partial charge in [0.25, 0.3) is 0 Å². The number of anilines is 1. The average Bonchev–Trinajstić information content (AvgIpc) is 2.80. The van der Waals surface area contributed by atoms with Crippen LogP contribution >= 0.6 is 22.1 Å². The molecule has 0 saturated heterocycles. The number of carbonyl (C=O) groups is 1. The predicted molar refractivity (Wildman–Crippen MR) is 87.0 cm³/mol. The Kier molecular flexibility index (Phi) is 6.59. The van der Waals surface area contributed by atoms with Gasteiger partial charge in [-0.25, -0.2) is 23.7 Å². The Balaban J connectivity index is 0.000000816. The highest BCUT2D eigenvalue weighted by molar-refractivity contribution is 8.23. The third-order valence-corrected chi connectivity index (χ3v) is 5.20. The molecule has 0 spiro atoms. The summed E-state index contributed by atoms with van der Waals surface area (Å²) in [5.41, 5.74) is 3.01. The maximum Gasteiger partial charge on any atom is 0.429 e. The minimum atomic E-state index is -3.22. The number of fused-ring (bicyclic) bond motifs is 1. The lowest BCUT2D eigenvalue weighted by Crippen LogP contribution is -2.43. The number of carbonyl (C=O) groups excluding carboxylic acids is 1. The molecule has 0 aromatic carbocycles. The Morgan fingerprint density at radius 1 is 1.52 bits per heavy atom. The van der Waals surface area contributed by atoms with Gasteiger partial charge in [-0.3, -0.25) is 14.5 Å². The summed E-state index contributed by atoms with van der Waals surface area (Å²) in [6.07, 6.45) is 0.150. The highest BCUT2D eigenvalue weighted by Crippen LogP contribution is 2.48. The molecule has 0 atom stereocenters. The summed E-state index contributed by atoms with van der Waals surface area (Å²) in [6.45, 7) is 4.09. The van der Waals surface area contributed by atoms with E-state index in [2.05, 4.69) is 5.43 Å². The van der Waals surface area contributed by atoms with Gasteiger partial charge >= 0.3 is 6.09 Å². The molecule has 5 N–H and O–H groups in total. The third kappa shape index (κ3) is 6.11. The molecule has 1 aliphatic heterocycles. The number of hydrazine groups is 1. The largest absolute Gasteiger partial charge is 0.442 e. The van der Waals surface area contributed by atoms with E-state index < -0.39 is 29.4 Å². The maximum atomic E-state index is 12.0. The van der Waals surface area contributed by atoms with E-state index in [0.717, 1.165) is 4.88 Å². The molecule has 1 amide bonds. The molecule has 11 heteroatoms. The van der Waals surface area contributed by atoms with Crippen molar-refractivity contribution in [1.29, 1.82) is 0 Å². The summed E-state index contributed by atoms with van der Waals surface area (Å²) in [5.74, 6) is 0. The molecule has 0 saturated carbocycles. The molecule has 0 fully saturated rings. The molecule has 7 nitrogen and oxygen atoms in total. The van der Waals surface area contributed by atoms with Gasteiger partial charge in [-0.15, -0.1) is 22.1 Å². The number of halogens is 2. The second-order valence-corrected chi connectivity index (χ2v) is 8.61. The van der Waals surface area contributed by atoms with Gasteiger partial charge in [0, 0.05) is 11.3 Å². The van der Waals surface area contributed by atoms with E-state index in [1.54, 1.807) is 26.8 Å². The molecular formula is C12H21F2N3O4S2. The van der Waals surface area contributed by atoms with Gasteiger partial charge in [-0.1, -0.05) is 0 Å². The molecule has 0 bridgehead atoms. The molecule has 0 radical (unpaired) electrons. The zero-order valence-corrected chi connectivity index (χ0v) is 14.6. The number of rotatable bonds is 1. The van der Waals surface area contributed by atoms with Crippen molar-refractivity contribution >= 4 is 33.9 Å². The van der Waals surface area contributed by atoms with Gasteiger partial charge < -0.3 is 4.74 Å². The predicted octanol–water partition coefficient (Wildman–Crippen LogP) is 3.73. The highest BCUT2D eigenvalue weighted by Gasteiger charge is 2.28. The minimum Gasteiger partial charge on any atom is -0.442 e. The van der Waals surface area contributed by atoms with Crippen LogP contribution in [-0.2, 0) is 11.2 Å². The van der Waals surface area contributed by atoms with Crippen LogP contribution < -0.4 is 10.6 Å². The van der Waals surface area contributed by atoms with E-state index in [4.69, 9.17) is 9.88 Å². The number of thiophene rings is 1. The van der Waals surface area contributed by atoms with Crippen LogP contribution in [0.4, 0.5) is 19.3 Å². The summed E-state index contributed by atoms with van der Waals surface area (Å²) in [5, 5.41) is 6.69. The standard InChI is InChI=1S/C11H19N3O4S2.CH2F2/c1-11(2,3)18-10(15)14-5-4-8-7(13-14)6-9(19-8)20(12,16)17;2-1-3/h6,13,16-17H,4-5,12H2,1-3H3;1H2. The first kappa shape index (κ1) is 19.9. The molecule has 0 unspecified atom stereocenters. The summed E-state index contributed by atoms with van der Waals surface area (Å²) in [6, 6.07) is 1.56. The smallest absolute Gasteiger partial charge is 0.429 e. The van der Waals surface area contributed by atoms with Gasteiger partial charge in [0.15, 0.2) is 0 Å². The number of nitrogens with one attached hydrogen (secondary N) is 1. The number of nitrogens with zero attached hydrogens (tertiary/aromatic N) is 1. The lowest BCUT2D eigenvalue weighted by Gasteiger charge is -2.30. The SMILES string of the molecule is CC(C)(C)OC(=O)N1CCc2sc(S(N)(O)O)cc2N1.FCF. The van der Waals surface area contributed by atoms with Crippen LogP contribution in [0.15, 0.2) is 10.3 Å². The first-order chi connectivity index (χ1) is 10.5. The van der Waals surface area contributed by atoms with Crippen molar-refractivity contribution in [2.24, 2.45) is 5.14 Å². The van der Waals surface area contributed by atoms with Gasteiger partial charge in [-0.2, -0.15) is 0 Å². The molecule has 0 aliphatic carbocycles. The van der Waals surface area contributed by atoms with Gasteiger partial charge in [0.1, 0.15) is 9.81 Å². The second kappa shape index (κ2) is 7.62. The van der Waals surface area contributed by atoms with E-state index in [1.165, 1.54) is 16.3 Å². The molecule has 134 valence electrons. The number of alkyl halides is 2. The van der Waals surface area contributed by atoms with Crippen molar-refractivity contribution < 1.29 is 27.4 Å². The lowest BCUT2D eigenvalue weighted by atomic mass is 10.2. The number of nitrogens with two attached hydrogens (primary N) is 1. The van der Waals surface area contributed by atoms with E-state index in [1.807, 2.05) is 0 Å². The van der Waals surface area contributed by atoms with Gasteiger partial charge in [0.2, 0.25) is 6.93 Å². The van der Waals surface area contributed by atoms with Crippen LogP contribution in [0.3, 0.4) is 0 Å². The van der Waals surface area contributed by atoms with E-state index in [-0.39, 0.29) is 0 Å².